The van der Waals surface area contributed by atoms with Crippen LogP contribution in [0.5, 0.6) is 0 Å². The van der Waals surface area contributed by atoms with E-state index in [-0.39, 0.29) is 5.48 Å². The molecule has 2 heterocycles. The summed E-state index contributed by atoms with van der Waals surface area (Å²) in [6.45, 7) is -1.35. The lowest BCUT2D eigenvalue weighted by atomic mass is 9.99. The van der Waals surface area contributed by atoms with Crippen molar-refractivity contribution in [2.75, 3.05) is 13.2 Å². The quantitative estimate of drug-likeness (QED) is 0.219. The molecule has 1 unspecified atom stereocenters. The number of rotatable bonds is 4. The maximum atomic E-state index is 9.94. The van der Waals surface area contributed by atoms with Gasteiger partial charge >= 0.3 is 0 Å². The van der Waals surface area contributed by atoms with Gasteiger partial charge in [-0.05, 0) is 0 Å². The molecule has 0 spiro atoms. The molecule has 12 heteroatoms. The van der Waals surface area contributed by atoms with Gasteiger partial charge in [-0.1, -0.05) is 0 Å². The van der Waals surface area contributed by atoms with Crippen molar-refractivity contribution in [1.82, 2.24) is 0 Å². The van der Waals surface area contributed by atoms with Gasteiger partial charge in [0.15, 0.2) is 12.6 Å². The van der Waals surface area contributed by atoms with Crippen LogP contribution in [0.2, 0.25) is 0 Å². The number of ether oxygens (including phenoxy) is 3. The van der Waals surface area contributed by atoms with Crippen molar-refractivity contribution in [3.05, 3.63) is 0 Å². The monoisotopic (exact) mass is 366 g/mol. The SMILES string of the molecule is O.OC[C@H]1O[C@@H](O[13C@H]2[13C@H](O)[13C@@H](O)[13CH](O)O[13C@@H]2[13CH2]O)[C@H](O)[C@@H](O)[C@H]1O. The molecular formula is C12H24O12. The Morgan fingerprint density at radius 2 is 1.25 bits per heavy atom. The fraction of sp³-hybridized carbons (Fsp3) is 1.00. The zero-order valence-electron chi connectivity index (χ0n) is 12.5. The molecule has 0 saturated carbocycles. The van der Waals surface area contributed by atoms with E-state index in [4.69, 9.17) is 19.3 Å². The Morgan fingerprint density at radius 1 is 0.667 bits per heavy atom. The molecule has 24 heavy (non-hydrogen) atoms. The van der Waals surface area contributed by atoms with Crippen LogP contribution < -0.4 is 0 Å². The van der Waals surface area contributed by atoms with E-state index < -0.39 is 74.6 Å². The van der Waals surface area contributed by atoms with E-state index in [0.717, 1.165) is 0 Å². The lowest BCUT2D eigenvalue weighted by molar-refractivity contribution is -0.355. The summed E-state index contributed by atoms with van der Waals surface area (Å²) in [4.78, 5) is 0. The van der Waals surface area contributed by atoms with Gasteiger partial charge in [0.05, 0.1) is 13.2 Å². The summed E-state index contributed by atoms with van der Waals surface area (Å²) in [6.07, 6.45) is -15.6. The number of aliphatic hydroxyl groups is 8. The predicted octanol–water partition coefficient (Wildman–Crippen LogP) is -6.22. The molecule has 144 valence electrons. The van der Waals surface area contributed by atoms with Crippen molar-refractivity contribution in [3.8, 4) is 0 Å². The highest BCUT2D eigenvalue weighted by Crippen LogP contribution is 2.28. The molecule has 2 aliphatic heterocycles. The largest absolute Gasteiger partial charge is 0.412 e. The minimum atomic E-state index is -1.74. The minimum Gasteiger partial charge on any atom is -0.412 e. The highest BCUT2D eigenvalue weighted by molar-refractivity contribution is 4.93. The van der Waals surface area contributed by atoms with Crippen molar-refractivity contribution in [2.24, 2.45) is 0 Å². The third-order valence-corrected chi connectivity index (χ3v) is 3.98. The van der Waals surface area contributed by atoms with Gasteiger partial charge in [-0.25, -0.2) is 0 Å². The van der Waals surface area contributed by atoms with Gasteiger partial charge in [0.25, 0.3) is 0 Å². The Kier molecular flexibility index (Phi) is 7.86. The Hall–Kier alpha value is -0.480. The molecule has 0 radical (unpaired) electrons. The standard InChI is InChI=1S/C12H22O11.H2O/c13-1-3-5(15)6(16)9(19)12(22-3)23-10-4(2-14)21-11(20)8(18)7(10)17;/h3-20H,1-2H2;1H2/t3-,4-,5+,6+,7-,8-,9-,10-,11?,12+;/m1./s1/i2+1,4+1,7+1,8+1,10+1,11+1;. The fourth-order valence-corrected chi connectivity index (χ4v) is 2.57. The molecule has 2 saturated heterocycles. The molecule has 2 fully saturated rings. The maximum Gasteiger partial charge on any atom is 0.187 e. The van der Waals surface area contributed by atoms with Crippen LogP contribution in [-0.4, -0.2) is 121 Å². The first kappa shape index (κ1) is 21.6. The van der Waals surface area contributed by atoms with E-state index in [1.165, 1.54) is 0 Å². The lowest BCUT2D eigenvalue weighted by Gasteiger charge is -2.45. The molecule has 10 atom stereocenters. The summed E-state index contributed by atoms with van der Waals surface area (Å²) in [5.74, 6) is 0. The molecule has 2 aliphatic rings. The predicted molar refractivity (Wildman–Crippen MR) is 72.2 cm³/mol. The van der Waals surface area contributed by atoms with E-state index in [2.05, 4.69) is 0 Å². The van der Waals surface area contributed by atoms with Gasteiger partial charge in [-0.3, -0.25) is 0 Å². The second-order valence-corrected chi connectivity index (χ2v) is 5.53. The number of hydrogen-bond donors (Lipinski definition) is 8. The highest BCUT2D eigenvalue weighted by Gasteiger charge is 2.50. The number of aliphatic hydroxyl groups excluding tert-OH is 8. The van der Waals surface area contributed by atoms with Crippen molar-refractivity contribution in [2.45, 2.75) is 61.4 Å². The van der Waals surface area contributed by atoms with Gasteiger partial charge in [-0.2, -0.15) is 0 Å². The Bertz CT molecular complexity index is 379. The summed E-state index contributed by atoms with van der Waals surface area (Å²) >= 11 is 0. The average Bonchev–Trinajstić information content (AvgIpc) is 2.55. The summed E-state index contributed by atoms with van der Waals surface area (Å²) in [5.41, 5.74) is 0. The first-order chi connectivity index (χ1) is 10.8. The fourth-order valence-electron chi connectivity index (χ4n) is 2.57. The van der Waals surface area contributed by atoms with Crippen LogP contribution >= 0.6 is 0 Å². The second kappa shape index (κ2) is 8.75. The second-order valence-electron chi connectivity index (χ2n) is 5.53. The van der Waals surface area contributed by atoms with Gasteiger partial charge in [0.1, 0.15) is 48.8 Å². The van der Waals surface area contributed by atoms with Crippen LogP contribution in [-0.2, 0) is 14.2 Å². The molecule has 2 rings (SSSR count). The Morgan fingerprint density at radius 3 is 1.79 bits per heavy atom. The number of hydrogen-bond acceptors (Lipinski definition) is 11. The summed E-state index contributed by atoms with van der Waals surface area (Å²) in [7, 11) is 0. The van der Waals surface area contributed by atoms with Crippen molar-refractivity contribution in [3.63, 3.8) is 0 Å². The van der Waals surface area contributed by atoms with Gasteiger partial charge in [-0.15, -0.1) is 0 Å². The third kappa shape index (κ3) is 4.01. The van der Waals surface area contributed by atoms with Crippen LogP contribution in [0.3, 0.4) is 0 Å². The molecule has 0 aromatic rings. The summed E-state index contributed by atoms with van der Waals surface area (Å²) < 4.78 is 15.3. The molecule has 0 amide bonds. The summed E-state index contributed by atoms with van der Waals surface area (Å²) in [6, 6.07) is 0. The first-order valence-corrected chi connectivity index (χ1v) is 7.08. The van der Waals surface area contributed by atoms with Crippen molar-refractivity contribution < 1.29 is 60.5 Å². The topological polar surface area (TPSA) is 221 Å². The maximum absolute atomic E-state index is 9.94. The van der Waals surface area contributed by atoms with Gasteiger partial charge in [0.2, 0.25) is 0 Å². The summed E-state index contributed by atoms with van der Waals surface area (Å²) in [5, 5.41) is 76.5. The van der Waals surface area contributed by atoms with E-state index in [0.29, 0.717) is 0 Å². The average molecular weight is 366 g/mol. The van der Waals surface area contributed by atoms with Crippen LogP contribution in [0.4, 0.5) is 0 Å². The molecular weight excluding hydrogens is 342 g/mol. The molecule has 12 nitrogen and oxygen atoms in total. The minimum absolute atomic E-state index is 0. The van der Waals surface area contributed by atoms with E-state index in [1.54, 1.807) is 0 Å². The van der Waals surface area contributed by atoms with Crippen molar-refractivity contribution in [1.29, 1.82) is 0 Å². The molecule has 0 aromatic carbocycles. The first-order valence-electron chi connectivity index (χ1n) is 7.08. The smallest absolute Gasteiger partial charge is 0.187 e. The molecule has 0 aliphatic carbocycles. The lowest BCUT2D eigenvalue weighted by Crippen LogP contribution is -2.64. The van der Waals surface area contributed by atoms with E-state index in [1.807, 2.05) is 0 Å². The molecule has 0 bridgehead atoms. The van der Waals surface area contributed by atoms with Gasteiger partial charge in [0, 0.05) is 0 Å². The van der Waals surface area contributed by atoms with Crippen LogP contribution in [0.15, 0.2) is 0 Å². The Balaban J connectivity index is 0.00000288. The Labute approximate surface area is 136 Å². The third-order valence-electron chi connectivity index (χ3n) is 3.98. The highest BCUT2D eigenvalue weighted by atomic mass is 16.9. The van der Waals surface area contributed by atoms with Crippen LogP contribution in [0, 0.1) is 0 Å². The van der Waals surface area contributed by atoms with Crippen LogP contribution in [0.1, 0.15) is 0 Å². The van der Waals surface area contributed by atoms with E-state index >= 15 is 0 Å². The van der Waals surface area contributed by atoms with Crippen LogP contribution in [0.25, 0.3) is 0 Å². The normalized spacial score (nSPS) is 49.5. The van der Waals surface area contributed by atoms with E-state index in [9.17, 15) is 35.7 Å². The van der Waals surface area contributed by atoms with Crippen molar-refractivity contribution >= 4 is 0 Å². The molecule has 0 aromatic heterocycles. The van der Waals surface area contributed by atoms with Gasteiger partial charge < -0.3 is 60.5 Å². The zero-order chi connectivity index (χ0) is 17.3. The molecule has 10 N–H and O–H groups in total. The zero-order valence-corrected chi connectivity index (χ0v) is 12.5.